The van der Waals surface area contributed by atoms with Crippen molar-refractivity contribution in [2.24, 2.45) is 38.9 Å². The summed E-state index contributed by atoms with van der Waals surface area (Å²) in [4.78, 5) is 38.9. The number of ketones is 2. The molecule has 1 aromatic carbocycles. The topological polar surface area (TPSA) is 60.4 Å². The average molecular weight is 541 g/mol. The van der Waals surface area contributed by atoms with E-state index in [2.05, 4.69) is 46.8 Å². The van der Waals surface area contributed by atoms with Gasteiger partial charge < -0.3 is 4.74 Å². The van der Waals surface area contributed by atoms with Gasteiger partial charge >= 0.3 is 5.97 Å². The van der Waals surface area contributed by atoms with Gasteiger partial charge in [-0.15, -0.1) is 0 Å². The van der Waals surface area contributed by atoms with Crippen molar-refractivity contribution in [1.82, 2.24) is 0 Å². The number of allylic oxidation sites excluding steroid dienone is 6. The Balaban J connectivity index is 1.34. The normalized spacial score (nSPS) is 42.3. The van der Waals surface area contributed by atoms with Crippen LogP contribution in [0.1, 0.15) is 92.1 Å². The van der Waals surface area contributed by atoms with Crippen LogP contribution >= 0.6 is 0 Å². The van der Waals surface area contributed by atoms with Gasteiger partial charge in [-0.25, -0.2) is 0 Å². The molecule has 7 atom stereocenters. The third kappa shape index (κ3) is 3.66. The lowest BCUT2D eigenvalue weighted by molar-refractivity contribution is -0.183. The second-order valence-corrected chi connectivity index (χ2v) is 14.8. The third-order valence-electron chi connectivity index (χ3n) is 12.7. The molecule has 1 unspecified atom stereocenters. The first-order valence-corrected chi connectivity index (χ1v) is 15.2. The molecule has 1 aromatic rings. The minimum atomic E-state index is -0.497. The highest BCUT2D eigenvalue weighted by Gasteiger charge is 2.67. The van der Waals surface area contributed by atoms with E-state index in [1.807, 2.05) is 37.3 Å². The maximum Gasteiger partial charge on any atom is 0.312 e. The monoisotopic (exact) mass is 540 g/mol. The van der Waals surface area contributed by atoms with Gasteiger partial charge in [-0.2, -0.15) is 0 Å². The molecule has 212 valence electrons. The van der Waals surface area contributed by atoms with Crippen molar-refractivity contribution in [3.05, 3.63) is 70.8 Å². The Morgan fingerprint density at radius 1 is 0.900 bits per heavy atom. The van der Waals surface area contributed by atoms with Crippen LogP contribution in [-0.4, -0.2) is 17.5 Å². The van der Waals surface area contributed by atoms with E-state index >= 15 is 0 Å². The minimum absolute atomic E-state index is 0.0126. The van der Waals surface area contributed by atoms with Crippen LogP contribution < -0.4 is 0 Å². The van der Waals surface area contributed by atoms with Gasteiger partial charge in [0.2, 0.25) is 11.6 Å². The van der Waals surface area contributed by atoms with E-state index in [1.54, 1.807) is 6.08 Å². The average Bonchev–Trinajstić information content (AvgIpc) is 2.94. The maximum atomic E-state index is 13.6. The molecule has 0 bridgehead atoms. The first kappa shape index (κ1) is 27.4. The summed E-state index contributed by atoms with van der Waals surface area (Å²) in [6.07, 6.45) is 13.1. The molecule has 0 aliphatic heterocycles. The van der Waals surface area contributed by atoms with E-state index in [9.17, 15) is 14.4 Å². The molecule has 4 heteroatoms. The van der Waals surface area contributed by atoms with Crippen LogP contribution in [0.3, 0.4) is 0 Å². The van der Waals surface area contributed by atoms with Crippen LogP contribution in [0.5, 0.6) is 0 Å². The van der Waals surface area contributed by atoms with Crippen molar-refractivity contribution < 1.29 is 19.1 Å². The molecule has 0 radical (unpaired) electrons. The third-order valence-corrected chi connectivity index (χ3v) is 12.7. The zero-order chi connectivity index (χ0) is 28.7. The number of fused-ring (bicyclic) bond motifs is 7. The molecule has 0 aromatic heterocycles. The predicted octanol–water partition coefficient (Wildman–Crippen LogP) is 7.73. The van der Waals surface area contributed by atoms with E-state index in [0.717, 1.165) is 61.7 Å². The summed E-state index contributed by atoms with van der Waals surface area (Å²) in [5, 5.41) is 0. The van der Waals surface area contributed by atoms with Gasteiger partial charge in [-0.05, 0) is 96.8 Å². The Hall–Kier alpha value is -2.75. The van der Waals surface area contributed by atoms with Gasteiger partial charge in [0.15, 0.2) is 0 Å². The van der Waals surface area contributed by atoms with Gasteiger partial charge in [0.1, 0.15) is 6.61 Å². The molecule has 3 fully saturated rings. The number of ether oxygens (including phenoxy) is 1. The summed E-state index contributed by atoms with van der Waals surface area (Å²) in [5.74, 6) is -0.701. The highest BCUT2D eigenvalue weighted by Crippen LogP contribution is 2.75. The van der Waals surface area contributed by atoms with E-state index in [-0.39, 0.29) is 45.1 Å². The van der Waals surface area contributed by atoms with Crippen LogP contribution in [0.15, 0.2) is 65.3 Å². The van der Waals surface area contributed by atoms with Crippen molar-refractivity contribution in [2.75, 3.05) is 0 Å². The quantitative estimate of drug-likeness (QED) is 0.291. The van der Waals surface area contributed by atoms with Crippen molar-refractivity contribution in [2.45, 2.75) is 93.1 Å². The Kier molecular flexibility index (Phi) is 6.08. The summed E-state index contributed by atoms with van der Waals surface area (Å²) in [6, 6.07) is 9.94. The number of esters is 1. The predicted molar refractivity (Wildman–Crippen MR) is 156 cm³/mol. The fourth-order valence-corrected chi connectivity index (χ4v) is 9.67. The van der Waals surface area contributed by atoms with Gasteiger partial charge in [-0.1, -0.05) is 82.7 Å². The van der Waals surface area contributed by atoms with E-state index in [1.165, 1.54) is 5.57 Å². The second kappa shape index (κ2) is 8.87. The standard InChI is InChI=1S/C36H44O4/c1-23-25-12-13-28-34(4,26(25)20-27(37)30(23)38)17-19-36(6)29-21-33(3,15-14-32(29,2)16-18-35(28,36)5)31(39)40-22-24-10-8-7-9-11-24/h7-13,20,23,29H,14-19,21-22H2,1-6H3/t23?,29-,32-,33-,34+,35-,36+/m1/s1. The summed E-state index contributed by atoms with van der Waals surface area (Å²) in [6.45, 7) is 14.0. The lowest BCUT2D eigenvalue weighted by Gasteiger charge is -2.70. The Labute approximate surface area is 239 Å². The lowest BCUT2D eigenvalue weighted by Crippen LogP contribution is -2.62. The van der Waals surface area contributed by atoms with Crippen LogP contribution in [-0.2, 0) is 25.7 Å². The van der Waals surface area contributed by atoms with E-state index in [0.29, 0.717) is 12.5 Å². The number of rotatable bonds is 3. The van der Waals surface area contributed by atoms with E-state index in [4.69, 9.17) is 4.74 Å². The van der Waals surface area contributed by atoms with Gasteiger partial charge in [0.25, 0.3) is 0 Å². The highest BCUT2D eigenvalue weighted by atomic mass is 16.5. The molecular weight excluding hydrogens is 496 g/mol. The fourth-order valence-electron chi connectivity index (χ4n) is 9.67. The van der Waals surface area contributed by atoms with Crippen LogP contribution in [0.25, 0.3) is 0 Å². The van der Waals surface area contributed by atoms with Gasteiger partial charge in [-0.3, -0.25) is 14.4 Å². The molecule has 0 amide bonds. The zero-order valence-electron chi connectivity index (χ0n) is 25.1. The van der Waals surface area contributed by atoms with Gasteiger partial charge in [0, 0.05) is 11.3 Å². The van der Waals surface area contributed by atoms with Crippen molar-refractivity contribution in [1.29, 1.82) is 0 Å². The maximum absolute atomic E-state index is 13.6. The number of carbonyl (C=O) groups excluding carboxylic acids is 3. The summed E-state index contributed by atoms with van der Waals surface area (Å²) in [7, 11) is 0. The van der Waals surface area contributed by atoms with Crippen molar-refractivity contribution in [3.63, 3.8) is 0 Å². The Morgan fingerprint density at radius 2 is 1.60 bits per heavy atom. The van der Waals surface area contributed by atoms with Crippen LogP contribution in [0, 0.1) is 38.9 Å². The van der Waals surface area contributed by atoms with Crippen molar-refractivity contribution >= 4 is 17.5 Å². The molecule has 40 heavy (non-hydrogen) atoms. The zero-order valence-corrected chi connectivity index (χ0v) is 25.1. The molecular formula is C36H44O4. The number of benzene rings is 1. The molecule has 0 N–H and O–H groups in total. The molecule has 3 saturated carbocycles. The molecule has 6 rings (SSSR count). The SMILES string of the molecule is CC1C(=O)C(=O)C=C2C1=CC=C1[C@@]2(C)CC[C@@]2(C)[C@@H]3C[C@](C)(C(=O)OCc4ccccc4)CC[C@]3(C)CC[C@]12C. The molecule has 5 aliphatic rings. The second-order valence-electron chi connectivity index (χ2n) is 14.8. The molecule has 0 heterocycles. The molecule has 0 saturated heterocycles. The van der Waals surface area contributed by atoms with Crippen molar-refractivity contribution in [3.8, 4) is 0 Å². The summed E-state index contributed by atoms with van der Waals surface area (Å²) < 4.78 is 5.94. The highest BCUT2D eigenvalue weighted by molar-refractivity contribution is 6.44. The van der Waals surface area contributed by atoms with Crippen LogP contribution in [0.2, 0.25) is 0 Å². The summed E-state index contributed by atoms with van der Waals surface area (Å²) >= 11 is 0. The lowest BCUT2D eigenvalue weighted by atomic mass is 9.34. The number of carbonyl (C=O) groups is 3. The number of Topliss-reactive ketones (excluding diaryl/α,β-unsaturated/α-hetero) is 1. The first-order chi connectivity index (χ1) is 18.8. The smallest absolute Gasteiger partial charge is 0.312 e. The van der Waals surface area contributed by atoms with Crippen LogP contribution in [0.4, 0.5) is 0 Å². The first-order valence-electron chi connectivity index (χ1n) is 15.2. The molecule has 4 nitrogen and oxygen atoms in total. The fraction of sp³-hybridized carbons (Fsp3) is 0.583. The molecule has 5 aliphatic carbocycles. The number of hydrogen-bond acceptors (Lipinski definition) is 4. The minimum Gasteiger partial charge on any atom is -0.460 e. The molecule has 0 spiro atoms. The summed E-state index contributed by atoms with van der Waals surface area (Å²) in [5.41, 5.74) is 3.93. The largest absolute Gasteiger partial charge is 0.460 e. The van der Waals surface area contributed by atoms with Gasteiger partial charge in [0.05, 0.1) is 5.41 Å². The Morgan fingerprint density at radius 3 is 2.33 bits per heavy atom. The van der Waals surface area contributed by atoms with E-state index < -0.39 is 5.41 Å². The number of hydrogen-bond donors (Lipinski definition) is 0. The Bertz CT molecular complexity index is 1380.